The number of benzene rings is 1. The first-order valence-electron chi connectivity index (χ1n) is 7.27. The average Bonchev–Trinajstić information content (AvgIpc) is 3.03. The molecule has 2 heterocycles. The zero-order chi connectivity index (χ0) is 16.2. The predicted molar refractivity (Wildman–Crippen MR) is 86.5 cm³/mol. The van der Waals surface area contributed by atoms with Gasteiger partial charge < -0.3 is 15.0 Å². The molecule has 0 aliphatic carbocycles. The highest BCUT2D eigenvalue weighted by Gasteiger charge is 2.14. The second-order valence-corrected chi connectivity index (χ2v) is 5.38. The van der Waals surface area contributed by atoms with E-state index in [0.29, 0.717) is 12.2 Å². The number of hydrogen-bond acceptors (Lipinski definition) is 7. The molecule has 0 amide bonds. The molecule has 0 unspecified atom stereocenters. The minimum absolute atomic E-state index is 0.201. The van der Waals surface area contributed by atoms with Crippen molar-refractivity contribution in [3.63, 3.8) is 0 Å². The van der Waals surface area contributed by atoms with Crippen molar-refractivity contribution in [3.8, 4) is 5.75 Å². The fourth-order valence-corrected chi connectivity index (χ4v) is 2.37. The number of nitrogens with one attached hydrogen (secondary N) is 1. The van der Waals surface area contributed by atoms with Crippen molar-refractivity contribution >= 4 is 11.5 Å². The lowest BCUT2D eigenvalue weighted by molar-refractivity contribution is 0.311. The molecule has 0 saturated carbocycles. The number of nitrogens with zero attached hydrogens (tertiary/aromatic N) is 6. The molecule has 23 heavy (non-hydrogen) atoms. The summed E-state index contributed by atoms with van der Waals surface area (Å²) in [6.07, 6.45) is 0. The van der Waals surface area contributed by atoms with Gasteiger partial charge in [0.05, 0.1) is 13.2 Å². The second kappa shape index (κ2) is 6.57. The van der Waals surface area contributed by atoms with Gasteiger partial charge in [-0.3, -0.25) is 0 Å². The van der Waals surface area contributed by atoms with E-state index in [1.165, 1.54) is 10.2 Å². The van der Waals surface area contributed by atoms with E-state index in [1.807, 2.05) is 24.3 Å². The molecule has 2 aromatic heterocycles. The Morgan fingerprint density at radius 2 is 1.96 bits per heavy atom. The Morgan fingerprint density at radius 3 is 2.65 bits per heavy atom. The molecule has 1 atom stereocenters. The van der Waals surface area contributed by atoms with E-state index >= 15 is 0 Å². The largest absolute Gasteiger partial charge is 0.497 e. The van der Waals surface area contributed by atoms with Crippen LogP contribution in [0.3, 0.4) is 0 Å². The average molecular weight is 313 g/mol. The van der Waals surface area contributed by atoms with Gasteiger partial charge in [-0.1, -0.05) is 12.1 Å². The molecule has 0 bridgehead atoms. The third kappa shape index (κ3) is 3.37. The molecule has 8 nitrogen and oxygen atoms in total. The number of rotatable bonds is 6. The number of hydrogen-bond donors (Lipinski definition) is 1. The topological polar surface area (TPSA) is 80.5 Å². The van der Waals surface area contributed by atoms with E-state index < -0.39 is 0 Å². The fourth-order valence-electron chi connectivity index (χ4n) is 2.37. The van der Waals surface area contributed by atoms with Gasteiger partial charge in [0.25, 0.3) is 0 Å². The van der Waals surface area contributed by atoms with Crippen LogP contribution in [0.15, 0.2) is 36.4 Å². The van der Waals surface area contributed by atoms with Crippen molar-refractivity contribution in [2.24, 2.45) is 0 Å². The summed E-state index contributed by atoms with van der Waals surface area (Å²) in [5, 5.41) is 18.9. The Bertz CT molecular complexity index is 769. The van der Waals surface area contributed by atoms with Crippen LogP contribution < -0.4 is 10.1 Å². The standard InChI is InChI=1S/C15H19N7O/c1-21(2)13(11-4-6-12(23-3)7-5-11)10-16-14-8-9-15-17-19-20-22(15)18-14/h4-9,13H,10H2,1-3H3,(H,16,18)/t13-/m1/s1. The highest BCUT2D eigenvalue weighted by Crippen LogP contribution is 2.21. The summed E-state index contributed by atoms with van der Waals surface area (Å²) < 4.78 is 6.61. The molecule has 0 aliphatic heterocycles. The molecule has 0 fully saturated rings. The Balaban J connectivity index is 1.73. The smallest absolute Gasteiger partial charge is 0.200 e. The highest BCUT2D eigenvalue weighted by atomic mass is 16.5. The normalized spacial score (nSPS) is 12.5. The molecule has 120 valence electrons. The van der Waals surface area contributed by atoms with Crippen LogP contribution in [0.25, 0.3) is 5.65 Å². The van der Waals surface area contributed by atoms with Crippen LogP contribution in [0, 0.1) is 0 Å². The molecule has 3 aromatic rings. The van der Waals surface area contributed by atoms with Gasteiger partial charge in [0.1, 0.15) is 11.6 Å². The van der Waals surface area contributed by atoms with Crippen molar-refractivity contribution in [2.75, 3.05) is 33.1 Å². The van der Waals surface area contributed by atoms with Crippen LogP contribution >= 0.6 is 0 Å². The summed E-state index contributed by atoms with van der Waals surface area (Å²) in [7, 11) is 5.77. The summed E-state index contributed by atoms with van der Waals surface area (Å²) >= 11 is 0. The molecule has 1 N–H and O–H groups in total. The molecule has 3 rings (SSSR count). The number of anilines is 1. The molecule has 8 heteroatoms. The van der Waals surface area contributed by atoms with Gasteiger partial charge in [-0.05, 0) is 54.4 Å². The van der Waals surface area contributed by atoms with Gasteiger partial charge in [-0.25, -0.2) is 0 Å². The van der Waals surface area contributed by atoms with Crippen molar-refractivity contribution in [1.82, 2.24) is 30.2 Å². The SMILES string of the molecule is COc1ccc([C@@H](CNc2ccc3nnnn3n2)N(C)C)cc1. The highest BCUT2D eigenvalue weighted by molar-refractivity contribution is 5.42. The number of likely N-dealkylation sites (N-methyl/N-ethyl adjacent to an activating group) is 1. The number of ether oxygens (including phenoxy) is 1. The third-order valence-corrected chi connectivity index (χ3v) is 3.67. The van der Waals surface area contributed by atoms with Crippen LogP contribution in [-0.2, 0) is 0 Å². The van der Waals surface area contributed by atoms with Gasteiger partial charge in [0.15, 0.2) is 5.65 Å². The monoisotopic (exact) mass is 313 g/mol. The number of aromatic nitrogens is 5. The molecule has 0 aliphatic rings. The minimum Gasteiger partial charge on any atom is -0.497 e. The van der Waals surface area contributed by atoms with E-state index in [4.69, 9.17) is 4.74 Å². The summed E-state index contributed by atoms with van der Waals surface area (Å²) in [6.45, 7) is 0.708. The molecule has 0 saturated heterocycles. The van der Waals surface area contributed by atoms with Crippen molar-refractivity contribution in [3.05, 3.63) is 42.0 Å². The first kappa shape index (κ1) is 15.2. The van der Waals surface area contributed by atoms with E-state index in [2.05, 4.69) is 57.1 Å². The summed E-state index contributed by atoms with van der Waals surface area (Å²) in [5.74, 6) is 1.58. The lowest BCUT2D eigenvalue weighted by Gasteiger charge is -2.25. The summed E-state index contributed by atoms with van der Waals surface area (Å²) in [4.78, 5) is 2.16. The van der Waals surface area contributed by atoms with Gasteiger partial charge >= 0.3 is 0 Å². The van der Waals surface area contributed by atoms with Crippen molar-refractivity contribution in [1.29, 1.82) is 0 Å². The van der Waals surface area contributed by atoms with Crippen molar-refractivity contribution in [2.45, 2.75) is 6.04 Å². The van der Waals surface area contributed by atoms with Gasteiger partial charge in [-0.15, -0.1) is 14.8 Å². The van der Waals surface area contributed by atoms with E-state index in [0.717, 1.165) is 11.6 Å². The quantitative estimate of drug-likeness (QED) is 0.733. The maximum atomic E-state index is 5.21. The van der Waals surface area contributed by atoms with E-state index in [1.54, 1.807) is 7.11 Å². The maximum Gasteiger partial charge on any atom is 0.200 e. The first-order valence-corrected chi connectivity index (χ1v) is 7.27. The molecule has 0 radical (unpaired) electrons. The zero-order valence-corrected chi connectivity index (χ0v) is 13.3. The van der Waals surface area contributed by atoms with Crippen LogP contribution in [0.4, 0.5) is 5.82 Å². The minimum atomic E-state index is 0.201. The lowest BCUT2D eigenvalue weighted by atomic mass is 10.1. The van der Waals surface area contributed by atoms with Crippen LogP contribution in [-0.4, -0.2) is 57.9 Å². The third-order valence-electron chi connectivity index (χ3n) is 3.67. The molecular formula is C15H19N7O. The summed E-state index contributed by atoms with van der Waals surface area (Å²) in [5.41, 5.74) is 1.82. The predicted octanol–water partition coefficient (Wildman–Crippen LogP) is 1.24. The molecule has 0 spiro atoms. The van der Waals surface area contributed by atoms with Crippen LogP contribution in [0.5, 0.6) is 5.75 Å². The lowest BCUT2D eigenvalue weighted by Crippen LogP contribution is -2.27. The Morgan fingerprint density at radius 1 is 1.17 bits per heavy atom. The van der Waals surface area contributed by atoms with Crippen LogP contribution in [0.2, 0.25) is 0 Å². The second-order valence-electron chi connectivity index (χ2n) is 5.38. The van der Waals surface area contributed by atoms with Gasteiger partial charge in [0, 0.05) is 6.54 Å². The molecule has 1 aromatic carbocycles. The number of tetrazole rings is 1. The molecular weight excluding hydrogens is 294 g/mol. The maximum absolute atomic E-state index is 5.21. The van der Waals surface area contributed by atoms with Crippen molar-refractivity contribution < 1.29 is 4.74 Å². The first-order chi connectivity index (χ1) is 11.2. The van der Waals surface area contributed by atoms with E-state index in [9.17, 15) is 0 Å². The Hall–Kier alpha value is -2.74. The Kier molecular flexibility index (Phi) is 4.33. The zero-order valence-electron chi connectivity index (χ0n) is 13.3. The van der Waals surface area contributed by atoms with Crippen LogP contribution in [0.1, 0.15) is 11.6 Å². The number of methoxy groups -OCH3 is 1. The summed E-state index contributed by atoms with van der Waals surface area (Å²) in [6, 6.07) is 12.0. The van der Waals surface area contributed by atoms with E-state index in [-0.39, 0.29) is 6.04 Å². The number of fused-ring (bicyclic) bond motifs is 1. The Labute approximate surface area is 134 Å². The van der Waals surface area contributed by atoms with Gasteiger partial charge in [-0.2, -0.15) is 0 Å². The fraction of sp³-hybridized carbons (Fsp3) is 0.333. The van der Waals surface area contributed by atoms with Gasteiger partial charge in [0.2, 0.25) is 0 Å².